The van der Waals surface area contributed by atoms with Crippen LogP contribution in [0.1, 0.15) is 73.2 Å². The standard InChI is InChI=1S/C113H119Cl6NO21S/c114-88-44-32-82(33-45-88)62-124-72-94-99(127-68-84-36-48-90(116)49-37-84)103(131-70-86-40-52-92(118)53-41-86)98(121)110(135-94)139-108-105(134-71-87-42-54-93(119)55-43-87)101(130-69-85-38-50-91(117)51-39-85)97(75-125-63-83-34-46-89(115)47-35-83)137-112(108)141-109-106(133-67-81-30-17-6-18-31-81)102(129-65-79-26-13-4-14-27-79)96(74-123-61-77-22-9-2-10-23-77)138-113(109)140-107-104(132-66-80-28-15-5-16-29-80)100(128-64-78-24-11-3-12-25-78)95(73-122-60-76-20-7-1-8-21-76)136-111(107)126-57-19-58-142-59-56-120/h1-18,20-55,94-113,121H,19,56-75,120H2/t94-,95-,96-,97-,98+,99-,100-,101-,102-,103-,104+,105+,106+,107+,108+,109+,110+,111-,112+,113+/m1/s1. The van der Waals surface area contributed by atoms with Crippen molar-refractivity contribution in [3.05, 3.63) is 424 Å². The topological polar surface area (TPSA) is 231 Å². The lowest BCUT2D eigenvalue weighted by Crippen LogP contribution is -2.69. The third-order valence-corrected chi connectivity index (χ3v) is 27.1. The predicted octanol–water partition coefficient (Wildman–Crippen LogP) is 22.0. The Bertz CT molecular complexity index is 5580. The van der Waals surface area contributed by atoms with Gasteiger partial charge in [0, 0.05) is 42.4 Å². The molecule has 0 bridgehead atoms. The number of ether oxygens (including phenoxy) is 20. The van der Waals surface area contributed by atoms with Crippen molar-refractivity contribution < 1.29 is 99.8 Å². The molecule has 142 heavy (non-hydrogen) atoms. The van der Waals surface area contributed by atoms with Gasteiger partial charge in [0.25, 0.3) is 0 Å². The van der Waals surface area contributed by atoms with E-state index in [2.05, 4.69) is 0 Å². The molecule has 12 aromatic carbocycles. The maximum Gasteiger partial charge on any atom is 0.187 e. The fourth-order valence-electron chi connectivity index (χ4n) is 17.2. The van der Waals surface area contributed by atoms with Gasteiger partial charge in [-0.3, -0.25) is 0 Å². The summed E-state index contributed by atoms with van der Waals surface area (Å²) in [5, 5.41) is 17.1. The van der Waals surface area contributed by atoms with Gasteiger partial charge in [0.05, 0.1) is 112 Å². The molecule has 4 heterocycles. The van der Waals surface area contributed by atoms with Gasteiger partial charge >= 0.3 is 0 Å². The smallest absolute Gasteiger partial charge is 0.187 e. The highest BCUT2D eigenvalue weighted by molar-refractivity contribution is 7.99. The van der Waals surface area contributed by atoms with E-state index in [1.165, 1.54) is 0 Å². The number of thioether (sulfide) groups is 1. The molecule has 0 aromatic heterocycles. The lowest BCUT2D eigenvalue weighted by atomic mass is 9.94. The van der Waals surface area contributed by atoms with E-state index in [-0.39, 0.29) is 112 Å². The third kappa shape index (κ3) is 32.4. The van der Waals surface area contributed by atoms with Crippen LogP contribution in [0.5, 0.6) is 0 Å². The van der Waals surface area contributed by atoms with E-state index in [9.17, 15) is 5.11 Å². The summed E-state index contributed by atoms with van der Waals surface area (Å²) in [4.78, 5) is 0. The molecule has 0 saturated carbocycles. The van der Waals surface area contributed by atoms with Gasteiger partial charge in [-0.2, -0.15) is 11.8 Å². The number of aliphatic hydroxyl groups is 1. The Hall–Kier alpha value is -8.15. The summed E-state index contributed by atoms with van der Waals surface area (Å²) in [6.07, 6.45) is -25.7. The third-order valence-electron chi connectivity index (χ3n) is 24.5. The number of rotatable bonds is 53. The second-order valence-corrected chi connectivity index (χ2v) is 38.9. The van der Waals surface area contributed by atoms with E-state index < -0.39 is 123 Å². The van der Waals surface area contributed by atoms with Crippen molar-refractivity contribution in [2.24, 2.45) is 5.73 Å². The van der Waals surface area contributed by atoms with Crippen LogP contribution in [-0.2, 0) is 174 Å². The minimum Gasteiger partial charge on any atom is -0.385 e. The van der Waals surface area contributed by atoms with Gasteiger partial charge in [-0.1, -0.05) is 324 Å². The summed E-state index contributed by atoms with van der Waals surface area (Å²) in [7, 11) is 0. The first kappa shape index (κ1) is 107. The van der Waals surface area contributed by atoms with E-state index >= 15 is 0 Å². The zero-order valence-corrected chi connectivity index (χ0v) is 83.8. The van der Waals surface area contributed by atoms with Crippen LogP contribution in [0.15, 0.2) is 328 Å². The normalized spacial score (nSPS) is 24.6. The lowest BCUT2D eigenvalue weighted by Gasteiger charge is -2.52. The number of benzene rings is 12. The average Bonchev–Trinajstić information content (AvgIpc) is 0.755. The molecule has 750 valence electrons. The Morgan fingerprint density at radius 3 is 0.711 bits per heavy atom. The molecule has 0 radical (unpaired) electrons. The summed E-state index contributed by atoms with van der Waals surface area (Å²) in [5.74, 6) is 1.44. The molecular weight excluding hydrogens is 1950 g/mol. The number of hydrogen-bond donors (Lipinski definition) is 2. The summed E-state index contributed by atoms with van der Waals surface area (Å²) in [6.45, 7) is 0.772. The van der Waals surface area contributed by atoms with Crippen molar-refractivity contribution in [1.29, 1.82) is 0 Å². The molecule has 20 atom stereocenters. The highest BCUT2D eigenvalue weighted by atomic mass is 35.5. The Kier molecular flexibility index (Phi) is 42.6. The molecule has 4 aliphatic rings. The molecule has 4 fully saturated rings. The van der Waals surface area contributed by atoms with E-state index in [1.807, 2.05) is 255 Å². The first-order chi connectivity index (χ1) is 69.7. The molecule has 0 spiro atoms. The number of hydrogen-bond acceptors (Lipinski definition) is 23. The quantitative estimate of drug-likeness (QED) is 0.0337. The van der Waals surface area contributed by atoms with E-state index in [0.717, 1.165) is 67.0 Å². The van der Waals surface area contributed by atoms with Crippen LogP contribution < -0.4 is 5.73 Å². The van der Waals surface area contributed by atoms with Crippen molar-refractivity contribution in [3.63, 3.8) is 0 Å². The minimum atomic E-state index is -1.75. The highest BCUT2D eigenvalue weighted by Gasteiger charge is 2.60. The minimum absolute atomic E-state index is 0.00851. The second-order valence-electron chi connectivity index (χ2n) is 35.0. The monoisotopic (exact) mass is 2070 g/mol. The number of halogens is 6. The molecule has 4 saturated heterocycles. The van der Waals surface area contributed by atoms with Gasteiger partial charge in [-0.05, 0) is 152 Å². The van der Waals surface area contributed by atoms with Gasteiger partial charge in [0.2, 0.25) is 0 Å². The fraction of sp³-hybridized carbons (Fsp3) is 0.363. The van der Waals surface area contributed by atoms with Crippen LogP contribution in [0, 0.1) is 0 Å². The van der Waals surface area contributed by atoms with Crippen LogP contribution in [0.3, 0.4) is 0 Å². The molecule has 0 aliphatic carbocycles. The number of nitrogens with two attached hydrogens (primary N) is 1. The SMILES string of the molecule is NCCSCCCO[C@@H]1O[C@H](COCc2ccccc2)[C@@H](OCc2ccccc2)[C@H](OCc2ccccc2)[C@@H]1O[C@@H]1O[C@H](COCc2ccccc2)[C@@H](OCc2ccccc2)[C@H](OCc2ccccc2)[C@@H]1O[C@@H]1O[C@H](COCc2ccc(Cl)cc2)[C@@H](OCc2ccc(Cl)cc2)[C@H](OCc2ccc(Cl)cc2)[C@@H]1O[C@@H]1O[C@H](COCc2ccc(Cl)cc2)[C@@H](OCc2ccc(Cl)cc2)[C@H](OCc2ccc(Cl)cc2)[C@@H]1O. The van der Waals surface area contributed by atoms with E-state index in [4.69, 9.17) is 170 Å². The molecule has 4 aliphatic heterocycles. The molecule has 0 amide bonds. The van der Waals surface area contributed by atoms with Crippen molar-refractivity contribution in [1.82, 2.24) is 0 Å². The van der Waals surface area contributed by atoms with Crippen molar-refractivity contribution in [2.75, 3.05) is 51.1 Å². The molecule has 0 unspecified atom stereocenters. The molecule has 3 N–H and O–H groups in total. The summed E-state index contributed by atoms with van der Waals surface area (Å²) in [5.41, 5.74) is 15.8. The lowest BCUT2D eigenvalue weighted by molar-refractivity contribution is -0.416. The zero-order valence-electron chi connectivity index (χ0n) is 78.4. The Morgan fingerprint density at radius 2 is 0.437 bits per heavy atom. The van der Waals surface area contributed by atoms with Crippen LogP contribution in [0.4, 0.5) is 0 Å². The van der Waals surface area contributed by atoms with Crippen LogP contribution >= 0.6 is 81.4 Å². The second kappa shape index (κ2) is 56.7. The van der Waals surface area contributed by atoms with Crippen LogP contribution in [-0.4, -0.2) is 179 Å². The van der Waals surface area contributed by atoms with E-state index in [1.54, 1.807) is 84.6 Å². The van der Waals surface area contributed by atoms with Crippen LogP contribution in [0.2, 0.25) is 30.1 Å². The van der Waals surface area contributed by atoms with Gasteiger partial charge in [0.1, 0.15) is 97.7 Å². The molecule has 22 nitrogen and oxygen atoms in total. The van der Waals surface area contributed by atoms with E-state index in [0.29, 0.717) is 54.4 Å². The first-order valence-corrected chi connectivity index (χ1v) is 51.2. The highest BCUT2D eigenvalue weighted by Crippen LogP contribution is 2.43. The van der Waals surface area contributed by atoms with Gasteiger partial charge in [-0.25, -0.2) is 0 Å². The van der Waals surface area contributed by atoms with Crippen molar-refractivity contribution in [2.45, 2.75) is 209 Å². The van der Waals surface area contributed by atoms with Gasteiger partial charge in [-0.15, -0.1) is 0 Å². The maximum absolute atomic E-state index is 14.0. The zero-order chi connectivity index (χ0) is 97.8. The van der Waals surface area contributed by atoms with Crippen molar-refractivity contribution in [3.8, 4) is 0 Å². The summed E-state index contributed by atoms with van der Waals surface area (Å²) < 4.78 is 149. The molecular formula is C113H119Cl6NO21S. The first-order valence-electron chi connectivity index (χ1n) is 47.8. The Labute approximate surface area is 864 Å². The fourth-order valence-corrected chi connectivity index (χ4v) is 18.6. The molecule has 12 aromatic rings. The Morgan fingerprint density at radius 1 is 0.225 bits per heavy atom. The largest absolute Gasteiger partial charge is 0.385 e. The summed E-state index contributed by atoms with van der Waals surface area (Å²) >= 11 is 41.3. The number of aliphatic hydroxyl groups excluding tert-OH is 1. The predicted molar refractivity (Wildman–Crippen MR) is 547 cm³/mol. The van der Waals surface area contributed by atoms with Crippen LogP contribution in [0.25, 0.3) is 0 Å². The van der Waals surface area contributed by atoms with Gasteiger partial charge in [0.15, 0.2) is 25.2 Å². The summed E-state index contributed by atoms with van der Waals surface area (Å²) in [6, 6.07) is 103. The molecule has 16 rings (SSSR count). The van der Waals surface area contributed by atoms with Gasteiger partial charge < -0.3 is 106 Å². The Balaban J connectivity index is 0.887. The maximum atomic E-state index is 14.0. The molecule has 29 heteroatoms. The average molecular weight is 2070 g/mol. The van der Waals surface area contributed by atoms with Crippen molar-refractivity contribution >= 4 is 81.4 Å².